The summed E-state index contributed by atoms with van der Waals surface area (Å²) in [7, 11) is 0. The van der Waals surface area contributed by atoms with Crippen LogP contribution in [0.2, 0.25) is 0 Å². The van der Waals surface area contributed by atoms with E-state index in [0.717, 1.165) is 18.0 Å². The van der Waals surface area contributed by atoms with Crippen LogP contribution in [0.5, 0.6) is 0 Å². The second kappa shape index (κ2) is 2.01. The van der Waals surface area contributed by atoms with E-state index in [0.29, 0.717) is 0 Å². The third kappa shape index (κ3) is 1.01. The Bertz CT molecular complexity index is 281. The van der Waals surface area contributed by atoms with E-state index in [4.69, 9.17) is 4.74 Å². The van der Waals surface area contributed by atoms with Gasteiger partial charge in [-0.2, -0.15) is 0 Å². The Hall–Kier alpha value is -0.960. The molecule has 0 N–H and O–H groups in total. The molecule has 1 aliphatic heterocycles. The average Bonchev–Trinajstić information content (AvgIpc) is 2.70. The second-order valence-electron chi connectivity index (χ2n) is 3.01. The normalized spacial score (nSPS) is 28.5. The predicted molar refractivity (Wildman–Crippen MR) is 40.1 cm³/mol. The minimum Gasteiger partial charge on any atom is -0.363 e. The van der Waals surface area contributed by atoms with E-state index in [2.05, 4.69) is 9.97 Å². The van der Waals surface area contributed by atoms with E-state index in [1.165, 1.54) is 0 Å². The number of nitrogens with zero attached hydrogens (tertiary/aromatic N) is 2. The van der Waals surface area contributed by atoms with Crippen LogP contribution >= 0.6 is 0 Å². The zero-order valence-corrected chi connectivity index (χ0v) is 6.66. The summed E-state index contributed by atoms with van der Waals surface area (Å²) in [6.07, 6.45) is 3.40. The summed E-state index contributed by atoms with van der Waals surface area (Å²) in [5.41, 5.74) is 1.80. The van der Waals surface area contributed by atoms with Gasteiger partial charge in [-0.25, -0.2) is 0 Å². The van der Waals surface area contributed by atoms with Crippen LogP contribution in [0.25, 0.3) is 0 Å². The van der Waals surface area contributed by atoms with Crippen molar-refractivity contribution in [3.63, 3.8) is 0 Å². The summed E-state index contributed by atoms with van der Waals surface area (Å²) in [4.78, 5) is 8.37. The topological polar surface area (TPSA) is 38.3 Å². The van der Waals surface area contributed by atoms with Gasteiger partial charge >= 0.3 is 0 Å². The number of rotatable bonds is 1. The van der Waals surface area contributed by atoms with Crippen molar-refractivity contribution in [1.29, 1.82) is 0 Å². The molecular weight excluding hydrogens is 140 g/mol. The molecule has 11 heavy (non-hydrogen) atoms. The van der Waals surface area contributed by atoms with Crippen molar-refractivity contribution < 1.29 is 4.74 Å². The zero-order chi connectivity index (χ0) is 7.90. The number of hydrogen-bond acceptors (Lipinski definition) is 3. The van der Waals surface area contributed by atoms with Gasteiger partial charge in [-0.1, -0.05) is 0 Å². The first kappa shape index (κ1) is 6.73. The van der Waals surface area contributed by atoms with E-state index in [1.807, 2.05) is 13.8 Å². The molecule has 3 heteroatoms. The van der Waals surface area contributed by atoms with Gasteiger partial charge in [0, 0.05) is 12.4 Å². The standard InChI is InChI=1S/C8H10N2O/c1-6-7(8(2)5-11-8)10-4-3-9-6/h3-4H,5H2,1-2H3. The van der Waals surface area contributed by atoms with E-state index in [-0.39, 0.29) is 5.60 Å². The van der Waals surface area contributed by atoms with Gasteiger partial charge in [-0.3, -0.25) is 9.97 Å². The third-order valence-corrected chi connectivity index (χ3v) is 1.96. The van der Waals surface area contributed by atoms with Crippen LogP contribution in [0.15, 0.2) is 12.4 Å². The van der Waals surface area contributed by atoms with Crippen LogP contribution in [-0.2, 0) is 10.3 Å². The molecule has 0 aliphatic carbocycles. The van der Waals surface area contributed by atoms with E-state index < -0.39 is 0 Å². The smallest absolute Gasteiger partial charge is 0.132 e. The Morgan fingerprint density at radius 3 is 2.64 bits per heavy atom. The van der Waals surface area contributed by atoms with E-state index in [9.17, 15) is 0 Å². The zero-order valence-electron chi connectivity index (χ0n) is 6.66. The lowest BCUT2D eigenvalue weighted by molar-refractivity contribution is 0.322. The molecule has 1 fully saturated rings. The fourth-order valence-corrected chi connectivity index (χ4v) is 1.17. The van der Waals surface area contributed by atoms with Gasteiger partial charge in [-0.15, -0.1) is 0 Å². The van der Waals surface area contributed by atoms with Gasteiger partial charge in [0.15, 0.2) is 0 Å². The molecular formula is C8H10N2O. The van der Waals surface area contributed by atoms with Crippen molar-refractivity contribution in [3.8, 4) is 0 Å². The lowest BCUT2D eigenvalue weighted by Crippen LogP contribution is -2.08. The maximum atomic E-state index is 5.26. The first-order valence-electron chi connectivity index (χ1n) is 3.64. The molecule has 58 valence electrons. The SMILES string of the molecule is Cc1nccnc1C1(C)CO1. The summed E-state index contributed by atoms with van der Waals surface area (Å²) >= 11 is 0. The quantitative estimate of drug-likeness (QED) is 0.561. The van der Waals surface area contributed by atoms with Gasteiger partial charge in [0.2, 0.25) is 0 Å². The van der Waals surface area contributed by atoms with Gasteiger partial charge in [0.25, 0.3) is 0 Å². The first-order valence-corrected chi connectivity index (χ1v) is 3.64. The highest BCUT2D eigenvalue weighted by molar-refractivity contribution is 5.20. The van der Waals surface area contributed by atoms with Crippen LogP contribution in [0.1, 0.15) is 18.3 Å². The van der Waals surface area contributed by atoms with Crippen LogP contribution in [-0.4, -0.2) is 16.6 Å². The molecule has 0 spiro atoms. The second-order valence-corrected chi connectivity index (χ2v) is 3.01. The van der Waals surface area contributed by atoms with E-state index in [1.54, 1.807) is 12.4 Å². The van der Waals surface area contributed by atoms with Crippen molar-refractivity contribution in [1.82, 2.24) is 9.97 Å². The predicted octanol–water partition coefficient (Wildman–Crippen LogP) is 1.03. The lowest BCUT2D eigenvalue weighted by Gasteiger charge is -2.05. The fraction of sp³-hybridized carbons (Fsp3) is 0.500. The fourth-order valence-electron chi connectivity index (χ4n) is 1.17. The van der Waals surface area contributed by atoms with Crippen molar-refractivity contribution >= 4 is 0 Å². The monoisotopic (exact) mass is 150 g/mol. The molecule has 1 aromatic heterocycles. The lowest BCUT2D eigenvalue weighted by atomic mass is 10.1. The Morgan fingerprint density at radius 2 is 2.09 bits per heavy atom. The van der Waals surface area contributed by atoms with Gasteiger partial charge in [-0.05, 0) is 13.8 Å². The maximum Gasteiger partial charge on any atom is 0.132 e. The highest BCUT2D eigenvalue weighted by Gasteiger charge is 2.43. The molecule has 1 unspecified atom stereocenters. The number of epoxide rings is 1. The number of hydrogen-bond donors (Lipinski definition) is 0. The Morgan fingerprint density at radius 1 is 1.45 bits per heavy atom. The Labute approximate surface area is 65.4 Å². The van der Waals surface area contributed by atoms with Gasteiger partial charge in [0.1, 0.15) is 5.60 Å². The summed E-state index contributed by atoms with van der Waals surface area (Å²) in [5.74, 6) is 0. The number of aryl methyl sites for hydroxylation is 1. The Kier molecular flexibility index (Phi) is 1.23. The highest BCUT2D eigenvalue weighted by Crippen LogP contribution is 2.37. The van der Waals surface area contributed by atoms with Crippen LogP contribution in [0, 0.1) is 6.92 Å². The number of ether oxygens (including phenoxy) is 1. The third-order valence-electron chi connectivity index (χ3n) is 1.96. The first-order chi connectivity index (χ1) is 5.22. The van der Waals surface area contributed by atoms with E-state index >= 15 is 0 Å². The maximum absolute atomic E-state index is 5.26. The molecule has 0 radical (unpaired) electrons. The van der Waals surface area contributed by atoms with Crippen molar-refractivity contribution in [2.45, 2.75) is 19.4 Å². The average molecular weight is 150 g/mol. The molecule has 1 atom stereocenters. The molecule has 0 bridgehead atoms. The summed E-state index contributed by atoms with van der Waals surface area (Å²) < 4.78 is 5.26. The van der Waals surface area contributed by atoms with Crippen LogP contribution < -0.4 is 0 Å². The molecule has 2 heterocycles. The van der Waals surface area contributed by atoms with Gasteiger partial charge < -0.3 is 4.74 Å². The molecule has 2 rings (SSSR count). The van der Waals surface area contributed by atoms with Crippen molar-refractivity contribution in [2.75, 3.05) is 6.61 Å². The van der Waals surface area contributed by atoms with Gasteiger partial charge in [0.05, 0.1) is 18.0 Å². The summed E-state index contributed by atoms with van der Waals surface area (Å²) in [6, 6.07) is 0. The summed E-state index contributed by atoms with van der Waals surface area (Å²) in [6.45, 7) is 4.76. The van der Waals surface area contributed by atoms with Crippen molar-refractivity contribution in [2.24, 2.45) is 0 Å². The molecule has 0 saturated carbocycles. The van der Waals surface area contributed by atoms with Crippen LogP contribution in [0.4, 0.5) is 0 Å². The molecule has 1 aromatic rings. The molecule has 1 saturated heterocycles. The minimum absolute atomic E-state index is 0.141. The molecule has 0 aromatic carbocycles. The van der Waals surface area contributed by atoms with Crippen molar-refractivity contribution in [3.05, 3.63) is 23.8 Å². The molecule has 0 amide bonds. The number of aromatic nitrogens is 2. The van der Waals surface area contributed by atoms with Crippen LogP contribution in [0.3, 0.4) is 0 Å². The minimum atomic E-state index is -0.141. The summed E-state index contributed by atoms with van der Waals surface area (Å²) in [5, 5.41) is 0. The highest BCUT2D eigenvalue weighted by atomic mass is 16.6. The Balaban J connectivity index is 2.45. The molecule has 3 nitrogen and oxygen atoms in total. The largest absolute Gasteiger partial charge is 0.363 e. The molecule has 1 aliphatic rings.